The maximum absolute atomic E-state index is 13.5. The van der Waals surface area contributed by atoms with Gasteiger partial charge in [0.25, 0.3) is 0 Å². The van der Waals surface area contributed by atoms with Crippen LogP contribution in [0.4, 0.5) is 0 Å². The summed E-state index contributed by atoms with van der Waals surface area (Å²) in [6, 6.07) is 0. The number of hydrogen-bond acceptors (Lipinski definition) is 3. The van der Waals surface area contributed by atoms with Gasteiger partial charge in [-0.2, -0.15) is 0 Å². The van der Waals surface area contributed by atoms with Crippen molar-refractivity contribution in [1.29, 1.82) is 0 Å². The molecule has 0 amide bonds. The second-order valence-electron chi connectivity index (χ2n) is 14.1. The smallest absolute Gasteiger partial charge is 0.189 e. The maximum atomic E-state index is 13.5. The van der Waals surface area contributed by atoms with Crippen molar-refractivity contribution in [2.24, 2.45) is 34.5 Å². The minimum Gasteiger partial charge on any atom is -0.411 e. The first-order valence-electron chi connectivity index (χ1n) is 13.8. The second-order valence-corrected chi connectivity index (χ2v) is 18.8. The standard InChI is InChI=1S/C29H52O3Si2/c1-20-18-23-22(24(26(2,3)4)19-28(23,25(20)30)31-33(8)9)16-17-29(27(5,6)7,32-34(10)11)21-14-12-13-15-21/h16-17,21-24,33-34H,1,12-15,18-19H2,2-11H3/t22-,23+,24-,28+,29-/m1/s1. The van der Waals surface area contributed by atoms with Crippen LogP contribution in [0, 0.1) is 34.5 Å². The van der Waals surface area contributed by atoms with E-state index in [0.717, 1.165) is 18.4 Å². The fraction of sp³-hybridized carbons (Fsp3) is 0.828. The van der Waals surface area contributed by atoms with Crippen LogP contribution in [0.25, 0.3) is 0 Å². The summed E-state index contributed by atoms with van der Waals surface area (Å²) in [6.07, 6.45) is 11.7. The van der Waals surface area contributed by atoms with Crippen molar-refractivity contribution in [2.45, 2.75) is 117 Å². The molecule has 34 heavy (non-hydrogen) atoms. The van der Waals surface area contributed by atoms with Gasteiger partial charge in [-0.1, -0.05) is 73.1 Å². The molecule has 0 aliphatic heterocycles. The Hall–Kier alpha value is -0.496. The van der Waals surface area contributed by atoms with Crippen molar-refractivity contribution in [2.75, 3.05) is 0 Å². The fourth-order valence-corrected chi connectivity index (χ4v) is 10.1. The quantitative estimate of drug-likeness (QED) is 0.211. The molecular formula is C29H52O3Si2. The molecule has 0 bridgehead atoms. The minimum atomic E-state index is -1.41. The summed E-state index contributed by atoms with van der Waals surface area (Å²) < 4.78 is 13.7. The third kappa shape index (κ3) is 5.01. The van der Waals surface area contributed by atoms with Crippen molar-refractivity contribution < 1.29 is 13.6 Å². The number of allylic oxidation sites excluding steroid dienone is 1. The molecule has 3 nitrogen and oxygen atoms in total. The molecule has 0 unspecified atom stereocenters. The molecule has 0 saturated heterocycles. The number of rotatable bonds is 7. The van der Waals surface area contributed by atoms with E-state index in [1.54, 1.807) is 0 Å². The topological polar surface area (TPSA) is 35.5 Å². The van der Waals surface area contributed by atoms with Gasteiger partial charge in [0.05, 0.1) is 5.60 Å². The summed E-state index contributed by atoms with van der Waals surface area (Å²) >= 11 is 0. The minimum absolute atomic E-state index is 0.0130. The highest BCUT2D eigenvalue weighted by atomic mass is 28.3. The predicted octanol–water partition coefficient (Wildman–Crippen LogP) is 7.08. The van der Waals surface area contributed by atoms with Gasteiger partial charge < -0.3 is 8.85 Å². The summed E-state index contributed by atoms with van der Waals surface area (Å²) in [4.78, 5) is 13.5. The fourth-order valence-electron chi connectivity index (χ4n) is 7.50. The van der Waals surface area contributed by atoms with Crippen LogP contribution in [0.2, 0.25) is 26.2 Å². The van der Waals surface area contributed by atoms with Gasteiger partial charge >= 0.3 is 0 Å². The van der Waals surface area contributed by atoms with Crippen molar-refractivity contribution in [3.05, 3.63) is 24.3 Å². The number of fused-ring (bicyclic) bond motifs is 1. The molecule has 0 aromatic carbocycles. The normalized spacial score (nSPS) is 33.0. The van der Waals surface area contributed by atoms with Crippen LogP contribution < -0.4 is 0 Å². The van der Waals surface area contributed by atoms with E-state index < -0.39 is 23.7 Å². The number of Topliss-reactive ketones (excluding diaryl/α,β-unsaturated/α-hetero) is 1. The van der Waals surface area contributed by atoms with Crippen LogP contribution in [0.15, 0.2) is 24.3 Å². The van der Waals surface area contributed by atoms with Gasteiger partial charge in [-0.3, -0.25) is 4.79 Å². The molecule has 194 valence electrons. The SMILES string of the molecule is C=C1C[C@H]2[C@@H](C=C[C@@](O[SiH](C)C)(C3CCCC3)C(C)(C)C)[C@H](C(C)(C)C)C[C@@]2(O[SiH](C)C)C1=O. The molecule has 5 atom stereocenters. The lowest BCUT2D eigenvalue weighted by Gasteiger charge is -2.49. The molecule has 5 heteroatoms. The van der Waals surface area contributed by atoms with E-state index >= 15 is 0 Å². The first-order valence-corrected chi connectivity index (χ1v) is 19.4. The zero-order valence-electron chi connectivity index (χ0n) is 23.8. The van der Waals surface area contributed by atoms with Gasteiger partial charge in [0, 0.05) is 5.92 Å². The second kappa shape index (κ2) is 9.76. The Kier molecular flexibility index (Phi) is 8.06. The lowest BCUT2D eigenvalue weighted by Crippen LogP contribution is -2.51. The van der Waals surface area contributed by atoms with E-state index in [-0.39, 0.29) is 28.1 Å². The van der Waals surface area contributed by atoms with Gasteiger partial charge in [-0.15, -0.1) is 0 Å². The van der Waals surface area contributed by atoms with E-state index in [0.29, 0.717) is 17.8 Å². The number of carbonyl (C=O) groups is 1. The lowest BCUT2D eigenvalue weighted by molar-refractivity contribution is -0.130. The highest BCUT2D eigenvalue weighted by molar-refractivity contribution is 6.49. The highest BCUT2D eigenvalue weighted by Gasteiger charge is 2.64. The molecule has 0 radical (unpaired) electrons. The van der Waals surface area contributed by atoms with Gasteiger partial charge in [-0.05, 0) is 86.0 Å². The summed E-state index contributed by atoms with van der Waals surface area (Å²) in [5.74, 6) is 1.65. The summed E-state index contributed by atoms with van der Waals surface area (Å²) in [7, 11) is -2.69. The molecule has 0 N–H and O–H groups in total. The molecule has 3 aliphatic carbocycles. The van der Waals surface area contributed by atoms with Crippen LogP contribution in [0.3, 0.4) is 0 Å². The van der Waals surface area contributed by atoms with Crippen LogP contribution in [-0.2, 0) is 13.6 Å². The monoisotopic (exact) mass is 504 g/mol. The third-order valence-electron chi connectivity index (χ3n) is 8.91. The number of hydrogen-bond donors (Lipinski definition) is 0. The largest absolute Gasteiger partial charge is 0.411 e. The maximum Gasteiger partial charge on any atom is 0.189 e. The van der Waals surface area contributed by atoms with E-state index in [2.05, 4.69) is 86.5 Å². The molecule has 0 aromatic heterocycles. The average Bonchev–Trinajstić information content (AvgIpc) is 3.35. The molecule has 3 aliphatic rings. The Morgan fingerprint density at radius 2 is 1.59 bits per heavy atom. The third-order valence-corrected chi connectivity index (χ3v) is 10.7. The summed E-state index contributed by atoms with van der Waals surface area (Å²) in [6.45, 7) is 27.3. The van der Waals surface area contributed by atoms with Gasteiger partial charge in [0.2, 0.25) is 0 Å². The van der Waals surface area contributed by atoms with Crippen molar-refractivity contribution in [3.8, 4) is 0 Å². The zero-order chi connectivity index (χ0) is 25.7. The van der Waals surface area contributed by atoms with Crippen LogP contribution >= 0.6 is 0 Å². The van der Waals surface area contributed by atoms with E-state index in [4.69, 9.17) is 8.85 Å². The zero-order valence-corrected chi connectivity index (χ0v) is 26.1. The number of carbonyl (C=O) groups excluding carboxylic acids is 1. The molecular weight excluding hydrogens is 452 g/mol. The van der Waals surface area contributed by atoms with Crippen molar-refractivity contribution >= 4 is 23.9 Å². The van der Waals surface area contributed by atoms with Gasteiger partial charge in [0.1, 0.15) is 5.60 Å². The molecule has 3 saturated carbocycles. The lowest BCUT2D eigenvalue weighted by atomic mass is 9.66. The Bertz CT molecular complexity index is 797. The van der Waals surface area contributed by atoms with Crippen molar-refractivity contribution in [1.82, 2.24) is 0 Å². The molecule has 0 aromatic rings. The van der Waals surface area contributed by atoms with Gasteiger partial charge in [0.15, 0.2) is 23.9 Å². The molecule has 0 heterocycles. The predicted molar refractivity (Wildman–Crippen MR) is 149 cm³/mol. The van der Waals surface area contributed by atoms with Crippen LogP contribution in [-0.4, -0.2) is 35.1 Å². The number of ketones is 1. The Labute approximate surface area is 213 Å². The van der Waals surface area contributed by atoms with Crippen LogP contribution in [0.5, 0.6) is 0 Å². The first-order chi connectivity index (χ1) is 15.5. The highest BCUT2D eigenvalue weighted by Crippen LogP contribution is 2.60. The first kappa shape index (κ1) is 28.1. The Morgan fingerprint density at radius 1 is 1.00 bits per heavy atom. The molecule has 0 spiro atoms. The van der Waals surface area contributed by atoms with Crippen molar-refractivity contribution in [3.63, 3.8) is 0 Å². The van der Waals surface area contributed by atoms with E-state index in [1.807, 2.05) is 0 Å². The molecule has 3 fully saturated rings. The summed E-state index contributed by atoms with van der Waals surface area (Å²) in [5, 5.41) is 0. The Morgan fingerprint density at radius 3 is 2.06 bits per heavy atom. The van der Waals surface area contributed by atoms with Gasteiger partial charge in [-0.25, -0.2) is 0 Å². The van der Waals surface area contributed by atoms with E-state index in [1.165, 1.54) is 25.7 Å². The molecule has 3 rings (SSSR count). The Balaban J connectivity index is 2.11. The van der Waals surface area contributed by atoms with Crippen LogP contribution in [0.1, 0.15) is 80.1 Å². The van der Waals surface area contributed by atoms with E-state index in [9.17, 15) is 4.79 Å². The summed E-state index contributed by atoms with van der Waals surface area (Å²) in [5.41, 5.74) is -0.0183. The average molecular weight is 505 g/mol.